The summed E-state index contributed by atoms with van der Waals surface area (Å²) < 4.78 is 24.3. The van der Waals surface area contributed by atoms with Crippen LogP contribution in [0.25, 0.3) is 0 Å². The van der Waals surface area contributed by atoms with E-state index in [2.05, 4.69) is 5.32 Å². The third kappa shape index (κ3) is 5.07. The van der Waals surface area contributed by atoms with Crippen LogP contribution in [-0.4, -0.2) is 31.3 Å². The van der Waals surface area contributed by atoms with Crippen LogP contribution < -0.4 is 5.32 Å². The molecule has 1 aliphatic heterocycles. The Morgan fingerprint density at radius 3 is 3.00 bits per heavy atom. The molecule has 1 fully saturated rings. The molecule has 2 atom stereocenters. The number of amides is 1. The van der Waals surface area contributed by atoms with Crippen molar-refractivity contribution in [2.24, 2.45) is 0 Å². The summed E-state index contributed by atoms with van der Waals surface area (Å²) in [5.74, 6) is -0.406. The molecule has 2 rings (SSSR count). The van der Waals surface area contributed by atoms with Crippen molar-refractivity contribution < 1.29 is 18.7 Å². The van der Waals surface area contributed by atoms with Gasteiger partial charge in [-0.3, -0.25) is 4.79 Å². The van der Waals surface area contributed by atoms with Crippen molar-refractivity contribution in [2.75, 3.05) is 13.2 Å². The summed E-state index contributed by atoms with van der Waals surface area (Å²) in [5, 5.41) is 2.81. The molecule has 22 heavy (non-hydrogen) atoms. The van der Waals surface area contributed by atoms with Crippen LogP contribution in [0.3, 0.4) is 0 Å². The second-order valence-electron chi connectivity index (χ2n) is 5.77. The average molecular weight is 309 g/mol. The van der Waals surface area contributed by atoms with Crippen LogP contribution in [0.4, 0.5) is 4.39 Å². The Morgan fingerprint density at radius 1 is 1.50 bits per heavy atom. The highest BCUT2D eigenvalue weighted by Crippen LogP contribution is 2.13. The quantitative estimate of drug-likeness (QED) is 0.879. The molecule has 1 N–H and O–H groups in total. The second kappa shape index (κ2) is 8.25. The van der Waals surface area contributed by atoms with E-state index in [4.69, 9.17) is 9.47 Å². The molecule has 0 aliphatic carbocycles. The van der Waals surface area contributed by atoms with E-state index in [0.717, 1.165) is 31.4 Å². The lowest BCUT2D eigenvalue weighted by atomic mass is 10.1. The highest BCUT2D eigenvalue weighted by Gasteiger charge is 2.18. The molecule has 0 unspecified atom stereocenters. The van der Waals surface area contributed by atoms with Gasteiger partial charge in [0.1, 0.15) is 11.9 Å². The number of benzene rings is 1. The van der Waals surface area contributed by atoms with Gasteiger partial charge < -0.3 is 14.8 Å². The molecular weight excluding hydrogens is 285 g/mol. The lowest BCUT2D eigenvalue weighted by molar-refractivity contribution is -0.135. The van der Waals surface area contributed by atoms with Gasteiger partial charge in [-0.1, -0.05) is 12.1 Å². The summed E-state index contributed by atoms with van der Waals surface area (Å²) in [4.78, 5) is 12.0. The summed E-state index contributed by atoms with van der Waals surface area (Å²) in [7, 11) is 0. The minimum Gasteiger partial charge on any atom is -0.376 e. The largest absolute Gasteiger partial charge is 0.376 e. The highest BCUT2D eigenvalue weighted by atomic mass is 19.1. The lowest BCUT2D eigenvalue weighted by Crippen LogP contribution is -2.36. The minimum atomic E-state index is -0.521. The fourth-order valence-corrected chi connectivity index (χ4v) is 2.42. The molecule has 1 aliphatic rings. The maximum atomic E-state index is 13.2. The molecular formula is C17H24FNO3. The Kier molecular flexibility index (Phi) is 6.34. The normalized spacial score (nSPS) is 19.7. The average Bonchev–Trinajstić information content (AvgIpc) is 2.54. The van der Waals surface area contributed by atoms with E-state index < -0.39 is 6.10 Å². The molecule has 1 heterocycles. The van der Waals surface area contributed by atoms with Crippen LogP contribution in [0.5, 0.6) is 0 Å². The summed E-state index contributed by atoms with van der Waals surface area (Å²) >= 11 is 0. The van der Waals surface area contributed by atoms with Gasteiger partial charge in [0, 0.05) is 13.2 Å². The van der Waals surface area contributed by atoms with Crippen LogP contribution in [0.15, 0.2) is 18.2 Å². The molecule has 1 aromatic carbocycles. The number of aryl methyl sites for hydroxylation is 1. The fraction of sp³-hybridized carbons (Fsp3) is 0.588. The molecule has 0 radical (unpaired) electrons. The zero-order chi connectivity index (χ0) is 15.9. The molecule has 0 aromatic heterocycles. The van der Waals surface area contributed by atoms with Crippen molar-refractivity contribution in [1.82, 2.24) is 5.32 Å². The zero-order valence-electron chi connectivity index (χ0n) is 13.2. The number of hydrogen-bond acceptors (Lipinski definition) is 3. The molecule has 1 saturated heterocycles. The molecule has 0 saturated carbocycles. The molecule has 5 heteroatoms. The Labute approximate surface area is 131 Å². The molecule has 0 bridgehead atoms. The van der Waals surface area contributed by atoms with Crippen LogP contribution in [0, 0.1) is 12.7 Å². The predicted molar refractivity (Wildman–Crippen MR) is 82.0 cm³/mol. The van der Waals surface area contributed by atoms with E-state index in [1.54, 1.807) is 26.0 Å². The van der Waals surface area contributed by atoms with Crippen molar-refractivity contribution in [1.29, 1.82) is 0 Å². The number of hydrogen-bond donors (Lipinski definition) is 1. The Bertz CT molecular complexity index is 501. The van der Waals surface area contributed by atoms with E-state index in [9.17, 15) is 9.18 Å². The molecule has 1 amide bonds. The maximum Gasteiger partial charge on any atom is 0.249 e. The van der Waals surface area contributed by atoms with Gasteiger partial charge in [0.25, 0.3) is 0 Å². The van der Waals surface area contributed by atoms with Gasteiger partial charge in [-0.25, -0.2) is 4.39 Å². The lowest BCUT2D eigenvalue weighted by Gasteiger charge is -2.23. The van der Waals surface area contributed by atoms with E-state index in [1.807, 2.05) is 0 Å². The first-order valence-electron chi connectivity index (χ1n) is 7.82. The van der Waals surface area contributed by atoms with Crippen molar-refractivity contribution in [3.63, 3.8) is 0 Å². The fourth-order valence-electron chi connectivity index (χ4n) is 2.42. The van der Waals surface area contributed by atoms with Crippen molar-refractivity contribution in [3.05, 3.63) is 35.1 Å². The molecule has 1 aromatic rings. The third-order valence-electron chi connectivity index (χ3n) is 3.86. The minimum absolute atomic E-state index is 0.101. The number of nitrogens with one attached hydrogen (secondary N) is 1. The third-order valence-corrected chi connectivity index (χ3v) is 3.86. The molecule has 4 nitrogen and oxygen atoms in total. The van der Waals surface area contributed by atoms with Crippen LogP contribution in [0.1, 0.15) is 37.3 Å². The highest BCUT2D eigenvalue weighted by molar-refractivity contribution is 5.80. The Morgan fingerprint density at radius 2 is 2.32 bits per heavy atom. The summed E-state index contributed by atoms with van der Waals surface area (Å²) in [6.07, 6.45) is 2.82. The summed E-state index contributed by atoms with van der Waals surface area (Å²) in [6, 6.07) is 4.82. The monoisotopic (exact) mass is 309 g/mol. The first-order chi connectivity index (χ1) is 10.6. The number of carbonyl (C=O) groups excluding carboxylic acids is 1. The van der Waals surface area contributed by atoms with Crippen LogP contribution in [-0.2, 0) is 20.8 Å². The second-order valence-corrected chi connectivity index (χ2v) is 5.77. The topological polar surface area (TPSA) is 47.6 Å². The van der Waals surface area contributed by atoms with Gasteiger partial charge in [0.05, 0.1) is 12.7 Å². The van der Waals surface area contributed by atoms with E-state index in [1.165, 1.54) is 6.07 Å². The zero-order valence-corrected chi connectivity index (χ0v) is 13.2. The summed E-state index contributed by atoms with van der Waals surface area (Å²) in [6.45, 7) is 5.03. The smallest absolute Gasteiger partial charge is 0.249 e. The summed E-state index contributed by atoms with van der Waals surface area (Å²) in [5.41, 5.74) is 1.44. The number of rotatable bonds is 6. The predicted octanol–water partition coefficient (Wildman–Crippen LogP) is 2.72. The van der Waals surface area contributed by atoms with E-state index >= 15 is 0 Å². The number of ether oxygens (including phenoxy) is 2. The Hall–Kier alpha value is -1.46. The number of halogens is 1. The standard InChI is InChI=1S/C17H24FNO3/c1-12-9-14(6-7-16(12)18)10-19-17(20)13(2)22-11-15-5-3-4-8-21-15/h6-7,9,13,15H,3-5,8,10-11H2,1-2H3,(H,19,20)/t13-,15-/m1/s1. The first-order valence-corrected chi connectivity index (χ1v) is 7.82. The van der Waals surface area contributed by atoms with E-state index in [-0.39, 0.29) is 17.8 Å². The van der Waals surface area contributed by atoms with E-state index in [0.29, 0.717) is 18.7 Å². The molecule has 0 spiro atoms. The van der Waals surface area contributed by atoms with Crippen LogP contribution >= 0.6 is 0 Å². The SMILES string of the molecule is Cc1cc(CNC(=O)[C@@H](C)OC[C@H]2CCCCO2)ccc1F. The molecule has 122 valence electrons. The van der Waals surface area contributed by atoms with Gasteiger partial charge in [-0.2, -0.15) is 0 Å². The van der Waals surface area contributed by atoms with Crippen molar-refractivity contribution in [3.8, 4) is 0 Å². The Balaban J connectivity index is 1.72. The first kappa shape index (κ1) is 16.9. The van der Waals surface area contributed by atoms with Crippen LogP contribution in [0.2, 0.25) is 0 Å². The van der Waals surface area contributed by atoms with Crippen molar-refractivity contribution in [2.45, 2.75) is 51.9 Å². The van der Waals surface area contributed by atoms with Gasteiger partial charge in [-0.15, -0.1) is 0 Å². The maximum absolute atomic E-state index is 13.2. The van der Waals surface area contributed by atoms with Gasteiger partial charge in [0.2, 0.25) is 5.91 Å². The van der Waals surface area contributed by atoms with Gasteiger partial charge in [-0.05, 0) is 50.3 Å². The number of carbonyl (C=O) groups is 1. The van der Waals surface area contributed by atoms with Crippen molar-refractivity contribution >= 4 is 5.91 Å². The van der Waals surface area contributed by atoms with Gasteiger partial charge >= 0.3 is 0 Å². The van der Waals surface area contributed by atoms with Gasteiger partial charge in [0.15, 0.2) is 0 Å².